The zero-order valence-electron chi connectivity index (χ0n) is 8.77. The van der Waals surface area contributed by atoms with E-state index in [4.69, 9.17) is 15.3 Å². The van der Waals surface area contributed by atoms with E-state index in [1.807, 2.05) is 5.43 Å². The van der Waals surface area contributed by atoms with Gasteiger partial charge in [-0.25, -0.2) is 10.2 Å². The van der Waals surface area contributed by atoms with Gasteiger partial charge in [0.1, 0.15) is 11.6 Å². The van der Waals surface area contributed by atoms with Crippen LogP contribution in [0.4, 0.5) is 4.39 Å². The molecule has 0 aliphatic heterocycles. The summed E-state index contributed by atoms with van der Waals surface area (Å²) in [4.78, 5) is 11.3. The molecule has 0 aliphatic rings. The average molecular weight is 228 g/mol. The molecule has 16 heavy (non-hydrogen) atoms. The number of hydrazine groups is 1. The smallest absolute Gasteiger partial charge is 0.277 e. The second-order valence-electron chi connectivity index (χ2n) is 3.02. The van der Waals surface area contributed by atoms with E-state index in [1.165, 1.54) is 31.4 Å². The van der Waals surface area contributed by atoms with Crippen LogP contribution in [0.1, 0.15) is 0 Å². The maximum absolute atomic E-state index is 12.6. The SMILES string of the molecule is COCC(Oc1ccc(F)cc1)C(=O)NN. The molecule has 0 fully saturated rings. The zero-order chi connectivity index (χ0) is 12.0. The first-order chi connectivity index (χ1) is 7.67. The fraction of sp³-hybridized carbons (Fsp3) is 0.300. The van der Waals surface area contributed by atoms with E-state index in [1.54, 1.807) is 0 Å². The highest BCUT2D eigenvalue weighted by Gasteiger charge is 2.19. The summed E-state index contributed by atoms with van der Waals surface area (Å²) in [6.45, 7) is 0.0560. The van der Waals surface area contributed by atoms with Crippen molar-refractivity contribution >= 4 is 5.91 Å². The summed E-state index contributed by atoms with van der Waals surface area (Å²) >= 11 is 0. The molecule has 0 aliphatic carbocycles. The van der Waals surface area contributed by atoms with Gasteiger partial charge in [0.2, 0.25) is 6.10 Å². The lowest BCUT2D eigenvalue weighted by molar-refractivity contribution is -0.130. The molecule has 3 N–H and O–H groups in total. The third-order valence-corrected chi connectivity index (χ3v) is 1.84. The van der Waals surface area contributed by atoms with E-state index in [0.29, 0.717) is 5.75 Å². The monoisotopic (exact) mass is 228 g/mol. The Morgan fingerprint density at radius 2 is 2.12 bits per heavy atom. The molecule has 5 nitrogen and oxygen atoms in total. The predicted octanol–water partition coefficient (Wildman–Crippen LogP) is 0.209. The van der Waals surface area contributed by atoms with Gasteiger partial charge in [-0.3, -0.25) is 10.2 Å². The summed E-state index contributed by atoms with van der Waals surface area (Å²) in [7, 11) is 1.44. The minimum absolute atomic E-state index is 0.0560. The Morgan fingerprint density at radius 1 is 1.50 bits per heavy atom. The summed E-state index contributed by atoms with van der Waals surface area (Å²) in [6, 6.07) is 5.31. The van der Waals surface area contributed by atoms with Gasteiger partial charge in [-0.2, -0.15) is 0 Å². The van der Waals surface area contributed by atoms with Crippen molar-refractivity contribution in [2.24, 2.45) is 5.84 Å². The van der Waals surface area contributed by atoms with Gasteiger partial charge < -0.3 is 9.47 Å². The van der Waals surface area contributed by atoms with Gasteiger partial charge in [-0.15, -0.1) is 0 Å². The third kappa shape index (κ3) is 3.48. The first-order valence-corrected chi connectivity index (χ1v) is 4.59. The quantitative estimate of drug-likeness (QED) is 0.429. The van der Waals surface area contributed by atoms with Crippen LogP contribution < -0.4 is 16.0 Å². The second-order valence-corrected chi connectivity index (χ2v) is 3.02. The van der Waals surface area contributed by atoms with Crippen LogP contribution in [-0.2, 0) is 9.53 Å². The molecule has 1 aromatic rings. The molecule has 0 radical (unpaired) electrons. The number of hydrogen-bond donors (Lipinski definition) is 2. The highest BCUT2D eigenvalue weighted by molar-refractivity contribution is 5.80. The Hall–Kier alpha value is -1.66. The molecular formula is C10H13FN2O3. The Kier molecular flexibility index (Phi) is 4.68. The largest absolute Gasteiger partial charge is 0.478 e. The average Bonchev–Trinajstić information content (AvgIpc) is 2.30. The molecule has 0 bridgehead atoms. The highest BCUT2D eigenvalue weighted by Crippen LogP contribution is 2.13. The lowest BCUT2D eigenvalue weighted by Crippen LogP contribution is -2.44. The van der Waals surface area contributed by atoms with Crippen molar-refractivity contribution in [1.29, 1.82) is 0 Å². The number of ether oxygens (including phenoxy) is 2. The topological polar surface area (TPSA) is 73.6 Å². The molecule has 0 aromatic heterocycles. The summed E-state index contributed by atoms with van der Waals surface area (Å²) in [5.41, 5.74) is 1.96. The van der Waals surface area contributed by atoms with E-state index in [0.717, 1.165) is 0 Å². The molecule has 0 saturated heterocycles. The number of carbonyl (C=O) groups is 1. The second kappa shape index (κ2) is 6.04. The molecule has 1 atom stereocenters. The van der Waals surface area contributed by atoms with Crippen LogP contribution in [0.25, 0.3) is 0 Å². The Labute approximate surface area is 92.3 Å². The number of amides is 1. The van der Waals surface area contributed by atoms with Gasteiger partial charge in [0.05, 0.1) is 6.61 Å². The van der Waals surface area contributed by atoms with Crippen LogP contribution in [0.2, 0.25) is 0 Å². The first kappa shape index (κ1) is 12.4. The molecule has 1 rings (SSSR count). The number of methoxy groups -OCH3 is 1. The van der Waals surface area contributed by atoms with Crippen molar-refractivity contribution in [2.45, 2.75) is 6.10 Å². The molecule has 6 heteroatoms. The number of benzene rings is 1. The van der Waals surface area contributed by atoms with Crippen LogP contribution in [0, 0.1) is 5.82 Å². The summed E-state index contributed by atoms with van der Waals surface area (Å²) in [6.07, 6.45) is -0.861. The van der Waals surface area contributed by atoms with Gasteiger partial charge >= 0.3 is 0 Å². The molecule has 0 saturated carbocycles. The summed E-state index contributed by atoms with van der Waals surface area (Å²) in [5.74, 6) is 4.47. The lowest BCUT2D eigenvalue weighted by Gasteiger charge is -2.16. The zero-order valence-corrected chi connectivity index (χ0v) is 8.77. The Balaban J connectivity index is 2.67. The van der Waals surface area contributed by atoms with E-state index < -0.39 is 12.0 Å². The van der Waals surface area contributed by atoms with Crippen molar-refractivity contribution in [3.8, 4) is 5.75 Å². The standard InChI is InChI=1S/C10H13FN2O3/c1-15-6-9(10(14)13-12)16-8-4-2-7(11)3-5-8/h2-5,9H,6,12H2,1H3,(H,13,14). The van der Waals surface area contributed by atoms with Crippen molar-refractivity contribution in [3.63, 3.8) is 0 Å². The Morgan fingerprint density at radius 3 is 2.62 bits per heavy atom. The van der Waals surface area contributed by atoms with Gasteiger partial charge in [0.15, 0.2) is 0 Å². The predicted molar refractivity (Wildman–Crippen MR) is 55.0 cm³/mol. The van der Waals surface area contributed by atoms with Crippen LogP contribution in [-0.4, -0.2) is 25.7 Å². The molecule has 1 amide bonds. The van der Waals surface area contributed by atoms with E-state index in [9.17, 15) is 9.18 Å². The normalized spacial score (nSPS) is 11.9. The van der Waals surface area contributed by atoms with Crippen molar-refractivity contribution in [1.82, 2.24) is 5.43 Å². The molecular weight excluding hydrogens is 215 g/mol. The summed E-state index contributed by atoms with van der Waals surface area (Å²) < 4.78 is 22.7. The molecule has 1 aromatic carbocycles. The maximum Gasteiger partial charge on any atom is 0.277 e. The molecule has 88 valence electrons. The van der Waals surface area contributed by atoms with Crippen LogP contribution in [0.5, 0.6) is 5.75 Å². The lowest BCUT2D eigenvalue weighted by atomic mass is 10.3. The fourth-order valence-electron chi connectivity index (χ4n) is 1.08. The van der Waals surface area contributed by atoms with E-state index in [-0.39, 0.29) is 12.4 Å². The minimum atomic E-state index is -0.861. The van der Waals surface area contributed by atoms with Gasteiger partial charge in [0.25, 0.3) is 5.91 Å². The minimum Gasteiger partial charge on any atom is -0.478 e. The van der Waals surface area contributed by atoms with Crippen molar-refractivity contribution in [2.75, 3.05) is 13.7 Å². The van der Waals surface area contributed by atoms with Crippen LogP contribution in [0.15, 0.2) is 24.3 Å². The fourth-order valence-corrected chi connectivity index (χ4v) is 1.08. The number of halogens is 1. The van der Waals surface area contributed by atoms with E-state index in [2.05, 4.69) is 0 Å². The summed E-state index contributed by atoms with van der Waals surface area (Å²) in [5, 5.41) is 0. The molecule has 0 heterocycles. The van der Waals surface area contributed by atoms with Gasteiger partial charge in [-0.05, 0) is 24.3 Å². The van der Waals surface area contributed by atoms with Crippen LogP contribution in [0.3, 0.4) is 0 Å². The van der Waals surface area contributed by atoms with E-state index >= 15 is 0 Å². The molecule has 1 unspecified atom stereocenters. The highest BCUT2D eigenvalue weighted by atomic mass is 19.1. The van der Waals surface area contributed by atoms with Crippen LogP contribution >= 0.6 is 0 Å². The number of nitrogens with two attached hydrogens (primary N) is 1. The number of nitrogens with one attached hydrogen (secondary N) is 1. The van der Waals surface area contributed by atoms with Crippen molar-refractivity contribution < 1.29 is 18.7 Å². The third-order valence-electron chi connectivity index (χ3n) is 1.84. The first-order valence-electron chi connectivity index (χ1n) is 4.59. The Bertz CT molecular complexity index is 342. The van der Waals surface area contributed by atoms with Crippen molar-refractivity contribution in [3.05, 3.63) is 30.1 Å². The number of hydrogen-bond acceptors (Lipinski definition) is 4. The van der Waals surface area contributed by atoms with Gasteiger partial charge in [0, 0.05) is 7.11 Å². The number of rotatable bonds is 5. The molecule has 0 spiro atoms. The maximum atomic E-state index is 12.6. The number of carbonyl (C=O) groups excluding carboxylic acids is 1. The van der Waals surface area contributed by atoms with Gasteiger partial charge in [-0.1, -0.05) is 0 Å².